The van der Waals surface area contributed by atoms with Gasteiger partial charge in [0.05, 0.1) is 18.4 Å². The predicted octanol–water partition coefficient (Wildman–Crippen LogP) is 3.52. The fourth-order valence-electron chi connectivity index (χ4n) is 2.80. The fourth-order valence-corrected chi connectivity index (χ4v) is 2.80. The van der Waals surface area contributed by atoms with Crippen LogP contribution in [0.4, 0.5) is 18.9 Å². The lowest BCUT2D eigenvalue weighted by Crippen LogP contribution is -2.19. The number of aromatic amines is 1. The first-order chi connectivity index (χ1) is 15.8. The van der Waals surface area contributed by atoms with E-state index in [-0.39, 0.29) is 30.4 Å². The topological polar surface area (TPSA) is 96.1 Å². The molecule has 0 saturated heterocycles. The summed E-state index contributed by atoms with van der Waals surface area (Å²) in [5.41, 5.74) is 1.14. The van der Waals surface area contributed by atoms with Gasteiger partial charge in [0.1, 0.15) is 23.9 Å². The van der Waals surface area contributed by atoms with Crippen LogP contribution in [0.1, 0.15) is 16.8 Å². The number of hydrogen-bond donors (Lipinski definition) is 3. The SMILES string of the molecule is Cc1cccc(C#CC(=O)Nc2cc(-c3ncc(C(F)(F)F)[nH]3)ccc2OCCNC=O)c1. The number of aromatic nitrogens is 2. The van der Waals surface area contributed by atoms with Gasteiger partial charge in [-0.3, -0.25) is 9.59 Å². The zero-order chi connectivity index (χ0) is 23.8. The Morgan fingerprint density at radius 2 is 2.06 bits per heavy atom. The largest absolute Gasteiger partial charge is 0.490 e. The molecule has 0 bridgehead atoms. The summed E-state index contributed by atoms with van der Waals surface area (Å²) in [6, 6.07) is 11.7. The van der Waals surface area contributed by atoms with Crippen LogP contribution < -0.4 is 15.4 Å². The Hall–Kier alpha value is -4.26. The normalized spacial score (nSPS) is 10.7. The molecule has 0 aliphatic rings. The highest BCUT2D eigenvalue weighted by molar-refractivity contribution is 6.05. The highest BCUT2D eigenvalue weighted by atomic mass is 19.4. The van der Waals surface area contributed by atoms with Gasteiger partial charge in [0.25, 0.3) is 0 Å². The quantitative estimate of drug-likeness (QED) is 0.288. The van der Waals surface area contributed by atoms with E-state index in [1.807, 2.05) is 25.1 Å². The van der Waals surface area contributed by atoms with E-state index >= 15 is 0 Å². The number of nitrogens with one attached hydrogen (secondary N) is 3. The molecular weight excluding hydrogens is 437 g/mol. The average Bonchev–Trinajstić information content (AvgIpc) is 3.27. The number of carbonyl (C=O) groups excluding carboxylic acids is 2. The number of nitrogens with zero attached hydrogens (tertiary/aromatic N) is 1. The van der Waals surface area contributed by atoms with Crippen LogP contribution in [0.25, 0.3) is 11.4 Å². The highest BCUT2D eigenvalue weighted by Crippen LogP contribution is 2.32. The summed E-state index contributed by atoms with van der Waals surface area (Å²) in [6.07, 6.45) is -3.36. The van der Waals surface area contributed by atoms with Gasteiger partial charge in [0.2, 0.25) is 6.41 Å². The van der Waals surface area contributed by atoms with Crippen LogP contribution in [-0.2, 0) is 15.8 Å². The van der Waals surface area contributed by atoms with E-state index in [0.717, 1.165) is 5.56 Å². The Morgan fingerprint density at radius 1 is 1.24 bits per heavy atom. The van der Waals surface area contributed by atoms with Gasteiger partial charge in [-0.15, -0.1) is 0 Å². The van der Waals surface area contributed by atoms with E-state index < -0.39 is 17.8 Å². The summed E-state index contributed by atoms with van der Waals surface area (Å²) in [5.74, 6) is 4.81. The van der Waals surface area contributed by atoms with Gasteiger partial charge in [-0.2, -0.15) is 13.2 Å². The van der Waals surface area contributed by atoms with Gasteiger partial charge < -0.3 is 20.4 Å². The fraction of sp³-hybridized carbons (Fsp3) is 0.174. The molecule has 0 atom stereocenters. The van der Waals surface area contributed by atoms with Gasteiger partial charge >= 0.3 is 12.1 Å². The summed E-state index contributed by atoms with van der Waals surface area (Å²) in [7, 11) is 0. The molecule has 7 nitrogen and oxygen atoms in total. The Kier molecular flexibility index (Phi) is 7.35. The summed E-state index contributed by atoms with van der Waals surface area (Å²) < 4.78 is 44.2. The molecule has 33 heavy (non-hydrogen) atoms. The smallest absolute Gasteiger partial charge is 0.432 e. The molecule has 1 aromatic heterocycles. The lowest BCUT2D eigenvalue weighted by molar-refractivity contribution is -0.140. The van der Waals surface area contributed by atoms with Crippen molar-refractivity contribution in [1.82, 2.24) is 15.3 Å². The number of benzene rings is 2. The number of halogens is 3. The Morgan fingerprint density at radius 3 is 2.76 bits per heavy atom. The minimum absolute atomic E-state index is 0.0298. The highest BCUT2D eigenvalue weighted by Gasteiger charge is 2.33. The van der Waals surface area contributed by atoms with Gasteiger partial charge in [-0.25, -0.2) is 4.98 Å². The van der Waals surface area contributed by atoms with Crippen LogP contribution >= 0.6 is 0 Å². The van der Waals surface area contributed by atoms with Crippen molar-refractivity contribution < 1.29 is 27.5 Å². The Labute approximate surface area is 187 Å². The Balaban J connectivity index is 1.85. The van der Waals surface area contributed by atoms with E-state index in [4.69, 9.17) is 4.74 Å². The van der Waals surface area contributed by atoms with Crippen LogP contribution in [0.15, 0.2) is 48.7 Å². The molecule has 0 unspecified atom stereocenters. The summed E-state index contributed by atoms with van der Waals surface area (Å²) >= 11 is 0. The molecule has 10 heteroatoms. The molecule has 2 aromatic carbocycles. The van der Waals surface area contributed by atoms with Crippen LogP contribution in [0.5, 0.6) is 5.75 Å². The Bertz CT molecular complexity index is 1210. The van der Waals surface area contributed by atoms with E-state index in [1.165, 1.54) is 18.2 Å². The van der Waals surface area contributed by atoms with Gasteiger partial charge in [-0.1, -0.05) is 18.1 Å². The molecule has 1 heterocycles. The van der Waals surface area contributed by atoms with Crippen LogP contribution in [0, 0.1) is 18.8 Å². The molecule has 0 saturated carbocycles. The molecule has 0 radical (unpaired) electrons. The monoisotopic (exact) mass is 456 g/mol. The molecule has 0 spiro atoms. The minimum atomic E-state index is -4.57. The maximum Gasteiger partial charge on any atom is 0.432 e. The van der Waals surface area contributed by atoms with Crippen LogP contribution in [0.2, 0.25) is 0 Å². The summed E-state index contributed by atoms with van der Waals surface area (Å²) in [6.45, 7) is 2.23. The third kappa shape index (κ3) is 6.61. The summed E-state index contributed by atoms with van der Waals surface area (Å²) in [4.78, 5) is 28.8. The number of anilines is 1. The lowest BCUT2D eigenvalue weighted by Gasteiger charge is -2.12. The number of amides is 2. The van der Waals surface area contributed by atoms with Gasteiger partial charge in [0.15, 0.2) is 0 Å². The first-order valence-corrected chi connectivity index (χ1v) is 9.72. The predicted molar refractivity (Wildman–Crippen MR) is 115 cm³/mol. The minimum Gasteiger partial charge on any atom is -0.490 e. The van der Waals surface area contributed by atoms with Crippen molar-refractivity contribution in [2.75, 3.05) is 18.5 Å². The van der Waals surface area contributed by atoms with Crippen molar-refractivity contribution in [2.45, 2.75) is 13.1 Å². The number of hydrogen-bond acceptors (Lipinski definition) is 4. The second-order valence-electron chi connectivity index (χ2n) is 6.85. The third-order valence-electron chi connectivity index (χ3n) is 4.31. The van der Waals surface area contributed by atoms with Crippen molar-refractivity contribution in [3.05, 3.63) is 65.5 Å². The average molecular weight is 456 g/mol. The number of ether oxygens (including phenoxy) is 1. The van der Waals surface area contributed by atoms with Gasteiger partial charge in [0, 0.05) is 17.0 Å². The second kappa shape index (κ2) is 10.4. The summed E-state index contributed by atoms with van der Waals surface area (Å²) in [5, 5.41) is 5.03. The van der Waals surface area contributed by atoms with Crippen molar-refractivity contribution in [1.29, 1.82) is 0 Å². The zero-order valence-electron chi connectivity index (χ0n) is 17.4. The third-order valence-corrected chi connectivity index (χ3v) is 4.31. The molecule has 0 fully saturated rings. The first-order valence-electron chi connectivity index (χ1n) is 9.72. The first kappa shape index (κ1) is 23.4. The molecule has 0 aliphatic carbocycles. The molecule has 170 valence electrons. The number of imidazole rings is 1. The van der Waals surface area contributed by atoms with E-state index in [1.54, 1.807) is 6.07 Å². The van der Waals surface area contributed by atoms with Crippen LogP contribution in [-0.4, -0.2) is 35.4 Å². The molecule has 2 amide bonds. The van der Waals surface area contributed by atoms with Crippen LogP contribution in [0.3, 0.4) is 0 Å². The zero-order valence-corrected chi connectivity index (χ0v) is 17.4. The molecule has 3 rings (SSSR count). The van der Waals surface area contributed by atoms with E-state index in [0.29, 0.717) is 23.7 Å². The lowest BCUT2D eigenvalue weighted by atomic mass is 10.1. The molecular formula is C23H19F3N4O3. The maximum absolute atomic E-state index is 12.9. The molecule has 0 aliphatic heterocycles. The maximum atomic E-state index is 12.9. The van der Waals surface area contributed by atoms with Crippen molar-refractivity contribution in [3.63, 3.8) is 0 Å². The van der Waals surface area contributed by atoms with Crippen molar-refractivity contribution in [3.8, 4) is 29.0 Å². The number of carbonyl (C=O) groups is 2. The standard InChI is InChI=1S/C23H19F3N4O3/c1-15-3-2-4-16(11-15)5-8-21(32)29-18-12-17(6-7-19(18)33-10-9-27-14-31)22-28-13-20(30-22)23(24,25)26/h2-4,6-7,11-14H,9-10H2,1H3,(H,27,31)(H,28,30)(H,29,32). The number of aryl methyl sites for hydroxylation is 1. The van der Waals surface area contributed by atoms with Gasteiger partial charge in [-0.05, 0) is 42.8 Å². The van der Waals surface area contributed by atoms with E-state index in [2.05, 4.69) is 32.4 Å². The van der Waals surface area contributed by atoms with E-state index in [9.17, 15) is 22.8 Å². The number of alkyl halides is 3. The van der Waals surface area contributed by atoms with Crippen molar-refractivity contribution >= 4 is 18.0 Å². The second-order valence-corrected chi connectivity index (χ2v) is 6.85. The molecule has 3 aromatic rings. The number of rotatable bonds is 7. The number of H-pyrrole nitrogens is 1. The van der Waals surface area contributed by atoms with Crippen molar-refractivity contribution in [2.24, 2.45) is 0 Å². The molecule has 3 N–H and O–H groups in total.